The minimum Gasteiger partial charge on any atom is -0.368 e. The number of para-hydroxylation sites is 1. The molecule has 2 aliphatic rings. The Morgan fingerprint density at radius 2 is 1.27 bits per heavy atom. The summed E-state index contributed by atoms with van der Waals surface area (Å²) in [5.41, 5.74) is 1.24. The molecule has 26 heavy (non-hydrogen) atoms. The van der Waals surface area contributed by atoms with Gasteiger partial charge in [-0.15, -0.1) is 0 Å². The number of pyridine rings is 1. The first-order valence-corrected chi connectivity index (χ1v) is 9.31. The van der Waals surface area contributed by atoms with Crippen molar-refractivity contribution in [1.29, 1.82) is 0 Å². The normalized spacial score (nSPS) is 18.2. The lowest BCUT2D eigenvalue weighted by atomic mass is 10.2. The van der Waals surface area contributed by atoms with Gasteiger partial charge in [-0.2, -0.15) is 0 Å². The van der Waals surface area contributed by atoms with Crippen molar-refractivity contribution in [3.8, 4) is 0 Å². The zero-order valence-corrected chi connectivity index (χ0v) is 15.0. The van der Waals surface area contributed by atoms with E-state index in [2.05, 4.69) is 39.0 Å². The number of piperazine rings is 2. The second-order valence-corrected chi connectivity index (χ2v) is 6.75. The van der Waals surface area contributed by atoms with E-state index in [1.54, 1.807) is 0 Å². The highest BCUT2D eigenvalue weighted by Gasteiger charge is 2.28. The number of rotatable bonds is 2. The van der Waals surface area contributed by atoms with Gasteiger partial charge in [-0.3, -0.25) is 0 Å². The molecule has 6 heteroatoms. The second-order valence-electron chi connectivity index (χ2n) is 6.75. The quantitative estimate of drug-likeness (QED) is 0.831. The van der Waals surface area contributed by atoms with E-state index in [1.807, 2.05) is 40.3 Å². The number of anilines is 2. The maximum absolute atomic E-state index is 12.8. The maximum Gasteiger partial charge on any atom is 0.320 e. The predicted octanol–water partition coefficient (Wildman–Crippen LogP) is 2.15. The van der Waals surface area contributed by atoms with E-state index < -0.39 is 0 Å². The summed E-state index contributed by atoms with van der Waals surface area (Å²) >= 11 is 0. The van der Waals surface area contributed by atoms with Crippen LogP contribution in [-0.2, 0) is 0 Å². The van der Waals surface area contributed by atoms with Crippen molar-refractivity contribution in [2.75, 3.05) is 62.2 Å². The molecule has 3 heterocycles. The van der Waals surface area contributed by atoms with Crippen molar-refractivity contribution in [3.05, 3.63) is 54.7 Å². The largest absolute Gasteiger partial charge is 0.368 e. The second kappa shape index (κ2) is 7.64. The Kier molecular flexibility index (Phi) is 4.91. The molecular formula is C20H25N5O. The van der Waals surface area contributed by atoms with Crippen molar-refractivity contribution < 1.29 is 4.79 Å². The number of aromatic nitrogens is 1. The minimum atomic E-state index is 0.179. The van der Waals surface area contributed by atoms with Crippen LogP contribution in [0.3, 0.4) is 0 Å². The first kappa shape index (κ1) is 16.7. The monoisotopic (exact) mass is 351 g/mol. The van der Waals surface area contributed by atoms with E-state index >= 15 is 0 Å². The maximum atomic E-state index is 12.8. The van der Waals surface area contributed by atoms with E-state index in [9.17, 15) is 4.79 Å². The molecule has 0 saturated carbocycles. The van der Waals surface area contributed by atoms with Crippen molar-refractivity contribution in [3.63, 3.8) is 0 Å². The lowest BCUT2D eigenvalue weighted by Crippen LogP contribution is -2.57. The van der Waals surface area contributed by atoms with Crippen molar-refractivity contribution >= 4 is 17.5 Å². The Labute approximate surface area is 154 Å². The van der Waals surface area contributed by atoms with Gasteiger partial charge in [0.2, 0.25) is 0 Å². The molecule has 0 N–H and O–H groups in total. The van der Waals surface area contributed by atoms with Gasteiger partial charge >= 0.3 is 6.03 Å². The number of urea groups is 1. The molecule has 0 radical (unpaired) electrons. The minimum absolute atomic E-state index is 0.179. The molecule has 2 aliphatic heterocycles. The Hall–Kier alpha value is -2.76. The van der Waals surface area contributed by atoms with Crippen molar-refractivity contribution in [2.24, 2.45) is 0 Å². The number of hydrogen-bond donors (Lipinski definition) is 0. The van der Waals surface area contributed by atoms with Crippen LogP contribution in [0.5, 0.6) is 0 Å². The van der Waals surface area contributed by atoms with E-state index in [0.29, 0.717) is 0 Å². The summed E-state index contributed by atoms with van der Waals surface area (Å²) in [7, 11) is 0. The van der Waals surface area contributed by atoms with Crippen molar-refractivity contribution in [2.45, 2.75) is 0 Å². The summed E-state index contributed by atoms with van der Waals surface area (Å²) in [4.78, 5) is 25.8. The van der Waals surface area contributed by atoms with Gasteiger partial charge in [-0.05, 0) is 24.3 Å². The standard InChI is InChI=1S/C20H25N5O/c26-20(24-14-10-22(11-15-24)18-6-2-1-3-7-18)25-16-12-23(13-17-25)19-8-4-5-9-21-19/h1-9H,10-17H2. The lowest BCUT2D eigenvalue weighted by molar-refractivity contribution is 0.147. The molecule has 6 nitrogen and oxygen atoms in total. The van der Waals surface area contributed by atoms with Crippen LogP contribution < -0.4 is 9.80 Å². The molecular weight excluding hydrogens is 326 g/mol. The zero-order chi connectivity index (χ0) is 17.8. The highest BCUT2D eigenvalue weighted by molar-refractivity contribution is 5.75. The van der Waals surface area contributed by atoms with Crippen LogP contribution in [0.1, 0.15) is 0 Å². The molecule has 0 atom stereocenters. The molecule has 1 aromatic carbocycles. The Bertz CT molecular complexity index is 646. The Balaban J connectivity index is 1.28. The summed E-state index contributed by atoms with van der Waals surface area (Å²) in [5, 5.41) is 0. The lowest BCUT2D eigenvalue weighted by Gasteiger charge is -2.41. The van der Waals surface area contributed by atoms with Gasteiger partial charge in [-0.25, -0.2) is 9.78 Å². The van der Waals surface area contributed by atoms with Crippen LogP contribution in [0.25, 0.3) is 0 Å². The SMILES string of the molecule is O=C(N1CCN(c2ccccc2)CC1)N1CCN(c2ccccn2)CC1. The molecule has 4 rings (SSSR count). The van der Waals surface area contributed by atoms with E-state index in [-0.39, 0.29) is 6.03 Å². The molecule has 136 valence electrons. The fraction of sp³-hybridized carbons (Fsp3) is 0.400. The van der Waals surface area contributed by atoms with Crippen LogP contribution in [0.15, 0.2) is 54.7 Å². The molecule has 0 aliphatic carbocycles. The molecule has 2 amide bonds. The number of carbonyl (C=O) groups is 1. The topological polar surface area (TPSA) is 42.9 Å². The first-order chi connectivity index (χ1) is 12.8. The average molecular weight is 351 g/mol. The fourth-order valence-corrected chi connectivity index (χ4v) is 3.66. The molecule has 2 aromatic rings. The third-order valence-electron chi connectivity index (χ3n) is 5.19. The third-order valence-corrected chi connectivity index (χ3v) is 5.19. The summed E-state index contributed by atoms with van der Waals surface area (Å²) in [6.07, 6.45) is 1.82. The zero-order valence-electron chi connectivity index (χ0n) is 15.0. The number of amides is 2. The van der Waals surface area contributed by atoms with E-state index in [1.165, 1.54) is 5.69 Å². The van der Waals surface area contributed by atoms with Gasteiger partial charge < -0.3 is 19.6 Å². The highest BCUT2D eigenvalue weighted by atomic mass is 16.2. The molecule has 0 unspecified atom stereocenters. The number of benzene rings is 1. The highest BCUT2D eigenvalue weighted by Crippen LogP contribution is 2.17. The smallest absolute Gasteiger partial charge is 0.320 e. The van der Waals surface area contributed by atoms with Gasteiger partial charge in [0.05, 0.1) is 0 Å². The average Bonchev–Trinajstić information content (AvgIpc) is 2.75. The number of nitrogens with zero attached hydrogens (tertiary/aromatic N) is 5. The van der Waals surface area contributed by atoms with Gasteiger partial charge in [0, 0.05) is 64.2 Å². The third kappa shape index (κ3) is 3.59. The van der Waals surface area contributed by atoms with Crippen LogP contribution in [-0.4, -0.2) is 73.2 Å². The number of hydrogen-bond acceptors (Lipinski definition) is 4. The summed E-state index contributed by atoms with van der Waals surface area (Å²) in [6, 6.07) is 16.6. The van der Waals surface area contributed by atoms with Gasteiger partial charge in [0.15, 0.2) is 0 Å². The molecule has 0 spiro atoms. The Morgan fingerprint density at radius 1 is 0.692 bits per heavy atom. The van der Waals surface area contributed by atoms with Crippen molar-refractivity contribution in [1.82, 2.24) is 14.8 Å². The molecule has 2 saturated heterocycles. The summed E-state index contributed by atoms with van der Waals surface area (Å²) in [6.45, 7) is 6.55. The van der Waals surface area contributed by atoms with Crippen LogP contribution in [0, 0.1) is 0 Å². The summed E-state index contributed by atoms with van der Waals surface area (Å²) in [5.74, 6) is 0.996. The van der Waals surface area contributed by atoms with Gasteiger partial charge in [-0.1, -0.05) is 24.3 Å². The molecule has 2 fully saturated rings. The van der Waals surface area contributed by atoms with Crippen LogP contribution in [0.4, 0.5) is 16.3 Å². The molecule has 1 aromatic heterocycles. The Morgan fingerprint density at radius 3 is 1.85 bits per heavy atom. The van der Waals surface area contributed by atoms with E-state index in [0.717, 1.165) is 58.2 Å². The predicted molar refractivity (Wildman–Crippen MR) is 104 cm³/mol. The van der Waals surface area contributed by atoms with Crippen LogP contribution >= 0.6 is 0 Å². The van der Waals surface area contributed by atoms with E-state index in [4.69, 9.17) is 0 Å². The number of carbonyl (C=O) groups excluding carboxylic acids is 1. The van der Waals surface area contributed by atoms with Gasteiger partial charge in [0.1, 0.15) is 5.82 Å². The molecule has 0 bridgehead atoms. The fourth-order valence-electron chi connectivity index (χ4n) is 3.66. The van der Waals surface area contributed by atoms with Crippen LogP contribution in [0.2, 0.25) is 0 Å². The van der Waals surface area contributed by atoms with Gasteiger partial charge in [0.25, 0.3) is 0 Å². The summed E-state index contributed by atoms with van der Waals surface area (Å²) < 4.78 is 0. The first-order valence-electron chi connectivity index (χ1n) is 9.31.